The van der Waals surface area contributed by atoms with E-state index in [1.165, 1.54) is 6.42 Å². The molecule has 0 radical (unpaired) electrons. The van der Waals surface area contributed by atoms with Crippen LogP contribution in [0.2, 0.25) is 0 Å². The van der Waals surface area contributed by atoms with E-state index >= 15 is 0 Å². The summed E-state index contributed by atoms with van der Waals surface area (Å²) in [6, 6.07) is 0. The van der Waals surface area contributed by atoms with E-state index in [4.69, 9.17) is 0 Å². The molecule has 0 nitrogen and oxygen atoms in total. The van der Waals surface area contributed by atoms with Crippen molar-refractivity contribution in [2.24, 2.45) is 5.92 Å². The molecule has 1 atom stereocenters. The fraction of sp³-hybridized carbons (Fsp3) is 0.750. The van der Waals surface area contributed by atoms with Crippen LogP contribution in [0.5, 0.6) is 0 Å². The molecule has 0 bridgehead atoms. The Balaban J connectivity index is -0.000000109. The molecule has 0 saturated heterocycles. The SMILES string of the molecule is C[CH-]C(C)CC.[CH2-]C.[W+2]. The minimum absolute atomic E-state index is 0. The van der Waals surface area contributed by atoms with Crippen molar-refractivity contribution in [3.8, 4) is 0 Å². The summed E-state index contributed by atoms with van der Waals surface area (Å²) in [5.41, 5.74) is 0. The Labute approximate surface area is 74.7 Å². The standard InChI is InChI=1S/C6H13.C2H5.W/c1-4-6(3)5-2;1-2;/h4,6H,5H2,1-3H3;1H2,2H3;/q2*-1;+2. The fourth-order valence-corrected chi connectivity index (χ4v) is 0.236. The van der Waals surface area contributed by atoms with Gasteiger partial charge in [-0.25, -0.2) is 0 Å². The molecule has 1 unspecified atom stereocenters. The van der Waals surface area contributed by atoms with Gasteiger partial charge in [0.25, 0.3) is 0 Å². The zero-order valence-electron chi connectivity index (χ0n) is 6.98. The first-order valence-corrected chi connectivity index (χ1v) is 3.31. The van der Waals surface area contributed by atoms with Crippen LogP contribution in [0, 0.1) is 19.3 Å². The first-order chi connectivity index (χ1) is 3.81. The van der Waals surface area contributed by atoms with Crippen molar-refractivity contribution in [1.29, 1.82) is 0 Å². The van der Waals surface area contributed by atoms with Crippen LogP contribution in [0.25, 0.3) is 0 Å². The quantitative estimate of drug-likeness (QED) is 0.687. The molecule has 0 aromatic rings. The molecule has 0 saturated carbocycles. The van der Waals surface area contributed by atoms with E-state index in [1.807, 2.05) is 0 Å². The van der Waals surface area contributed by atoms with E-state index in [0.717, 1.165) is 5.92 Å². The Kier molecular flexibility index (Phi) is 28.8. The first kappa shape index (κ1) is 16.3. The maximum absolute atomic E-state index is 3.25. The van der Waals surface area contributed by atoms with E-state index in [1.54, 1.807) is 6.92 Å². The number of hydrogen-bond donors (Lipinski definition) is 0. The Morgan fingerprint density at radius 3 is 1.78 bits per heavy atom. The van der Waals surface area contributed by atoms with E-state index in [2.05, 4.69) is 34.1 Å². The van der Waals surface area contributed by atoms with Crippen molar-refractivity contribution in [2.75, 3.05) is 0 Å². The van der Waals surface area contributed by atoms with Gasteiger partial charge in [-0.2, -0.15) is 19.8 Å². The van der Waals surface area contributed by atoms with E-state index in [-0.39, 0.29) is 21.1 Å². The third kappa shape index (κ3) is 17.7. The Morgan fingerprint density at radius 1 is 1.44 bits per heavy atom. The molecular formula is C8H18W. The van der Waals surface area contributed by atoms with Gasteiger partial charge in [0.15, 0.2) is 0 Å². The molecule has 0 N–H and O–H groups in total. The van der Waals surface area contributed by atoms with Gasteiger partial charge < -0.3 is 13.3 Å². The molecule has 0 heterocycles. The minimum Gasteiger partial charge on any atom is -0.346 e. The van der Waals surface area contributed by atoms with Gasteiger partial charge in [0.05, 0.1) is 0 Å². The number of hydrogen-bond acceptors (Lipinski definition) is 0. The van der Waals surface area contributed by atoms with Gasteiger partial charge in [0.2, 0.25) is 0 Å². The third-order valence-electron chi connectivity index (χ3n) is 1.21. The topological polar surface area (TPSA) is 0 Å². The number of rotatable bonds is 2. The van der Waals surface area contributed by atoms with Crippen molar-refractivity contribution in [3.05, 3.63) is 13.3 Å². The largest absolute Gasteiger partial charge is 2.00 e. The monoisotopic (exact) mass is 298 g/mol. The molecule has 0 aliphatic rings. The van der Waals surface area contributed by atoms with Gasteiger partial charge in [-0.15, -0.1) is 0 Å². The summed E-state index contributed by atoms with van der Waals surface area (Å²) in [6.07, 6.45) is 3.50. The molecule has 0 fully saturated rings. The Bertz CT molecular complexity index is 23.7. The smallest absolute Gasteiger partial charge is 0.346 e. The van der Waals surface area contributed by atoms with Crippen molar-refractivity contribution < 1.29 is 21.1 Å². The molecule has 0 aliphatic carbocycles. The van der Waals surface area contributed by atoms with Crippen LogP contribution < -0.4 is 0 Å². The predicted octanol–water partition coefficient (Wildman–Crippen LogP) is 3.09. The summed E-state index contributed by atoms with van der Waals surface area (Å²) in [6.45, 7) is 11.5. The normalized spacial score (nSPS) is 10.3. The second-order valence-electron chi connectivity index (χ2n) is 1.72. The predicted molar refractivity (Wildman–Crippen MR) is 40.5 cm³/mol. The van der Waals surface area contributed by atoms with Crippen LogP contribution in [0.15, 0.2) is 0 Å². The van der Waals surface area contributed by atoms with Gasteiger partial charge in [-0.1, -0.05) is 20.3 Å². The van der Waals surface area contributed by atoms with Crippen molar-refractivity contribution >= 4 is 0 Å². The summed E-state index contributed by atoms with van der Waals surface area (Å²) in [7, 11) is 0. The molecule has 0 spiro atoms. The van der Waals surface area contributed by atoms with Gasteiger partial charge in [0.1, 0.15) is 0 Å². The average molecular weight is 298 g/mol. The van der Waals surface area contributed by atoms with Crippen molar-refractivity contribution in [3.63, 3.8) is 0 Å². The molecule has 0 aromatic heterocycles. The fourth-order valence-electron chi connectivity index (χ4n) is 0.236. The molecule has 0 aromatic carbocycles. The molecular weight excluding hydrogens is 280 g/mol. The first-order valence-electron chi connectivity index (χ1n) is 3.31. The summed E-state index contributed by atoms with van der Waals surface area (Å²) in [4.78, 5) is 0. The average Bonchev–Trinajstić information content (AvgIpc) is 1.91. The second kappa shape index (κ2) is 15.9. The van der Waals surface area contributed by atoms with Crippen LogP contribution in [0.1, 0.15) is 34.1 Å². The Morgan fingerprint density at radius 2 is 1.78 bits per heavy atom. The maximum Gasteiger partial charge on any atom is 2.00 e. The van der Waals surface area contributed by atoms with Crippen molar-refractivity contribution in [2.45, 2.75) is 34.1 Å². The van der Waals surface area contributed by atoms with Crippen LogP contribution >= 0.6 is 0 Å². The summed E-state index contributed by atoms with van der Waals surface area (Å²) in [5.74, 6) is 0.810. The maximum atomic E-state index is 3.25. The molecule has 0 aliphatic heterocycles. The van der Waals surface area contributed by atoms with Crippen LogP contribution in [-0.4, -0.2) is 0 Å². The van der Waals surface area contributed by atoms with Gasteiger partial charge in [-0.3, -0.25) is 0 Å². The van der Waals surface area contributed by atoms with Crippen LogP contribution in [0.3, 0.4) is 0 Å². The second-order valence-corrected chi connectivity index (χ2v) is 1.72. The van der Waals surface area contributed by atoms with Crippen molar-refractivity contribution in [1.82, 2.24) is 0 Å². The van der Waals surface area contributed by atoms with E-state index in [0.29, 0.717) is 0 Å². The summed E-state index contributed by atoms with van der Waals surface area (Å²) in [5, 5.41) is 0. The van der Waals surface area contributed by atoms with E-state index < -0.39 is 0 Å². The molecule has 1 heteroatoms. The Hall–Kier alpha value is 0.688. The zero-order valence-corrected chi connectivity index (χ0v) is 9.91. The zero-order chi connectivity index (χ0) is 6.99. The third-order valence-corrected chi connectivity index (χ3v) is 1.21. The minimum atomic E-state index is 0. The van der Waals surface area contributed by atoms with Gasteiger partial charge >= 0.3 is 21.1 Å². The van der Waals surface area contributed by atoms with Crippen LogP contribution in [0.4, 0.5) is 0 Å². The van der Waals surface area contributed by atoms with Gasteiger partial charge in [0, 0.05) is 0 Å². The van der Waals surface area contributed by atoms with E-state index in [9.17, 15) is 0 Å². The van der Waals surface area contributed by atoms with Crippen LogP contribution in [-0.2, 0) is 21.1 Å². The molecule has 9 heavy (non-hydrogen) atoms. The van der Waals surface area contributed by atoms with Gasteiger partial charge in [-0.05, 0) is 0 Å². The molecule has 0 amide bonds. The molecule has 0 rings (SSSR count). The molecule has 56 valence electrons. The summed E-state index contributed by atoms with van der Waals surface area (Å²) >= 11 is 0. The summed E-state index contributed by atoms with van der Waals surface area (Å²) < 4.78 is 0.